The molecule has 2 aromatic rings. The first kappa shape index (κ1) is 18.8. The lowest BCUT2D eigenvalue weighted by Crippen LogP contribution is -2.27. The highest BCUT2D eigenvalue weighted by Crippen LogP contribution is 2.16. The van der Waals surface area contributed by atoms with Gasteiger partial charge in [0.2, 0.25) is 5.91 Å². The van der Waals surface area contributed by atoms with Gasteiger partial charge in [0.1, 0.15) is 11.5 Å². The summed E-state index contributed by atoms with van der Waals surface area (Å²) in [6, 6.07) is 15.2. The molecule has 25 heavy (non-hydrogen) atoms. The van der Waals surface area contributed by atoms with Crippen LogP contribution in [-0.2, 0) is 11.3 Å². The minimum absolute atomic E-state index is 0.0758. The number of hydrogen-bond donors (Lipinski definition) is 2. The number of carbonyl (C=O) groups is 1. The molecule has 0 aliphatic rings. The van der Waals surface area contributed by atoms with Crippen LogP contribution in [0.1, 0.15) is 25.3 Å². The molecule has 0 aliphatic heterocycles. The molecule has 134 valence electrons. The number of hydrogen-bond acceptors (Lipinski definition) is 4. The summed E-state index contributed by atoms with van der Waals surface area (Å²) >= 11 is 0. The monoisotopic (exact) mass is 342 g/mol. The highest BCUT2D eigenvalue weighted by atomic mass is 16.5. The van der Waals surface area contributed by atoms with Crippen LogP contribution >= 0.6 is 0 Å². The van der Waals surface area contributed by atoms with E-state index in [1.54, 1.807) is 7.11 Å². The zero-order chi connectivity index (χ0) is 17.9. The van der Waals surface area contributed by atoms with E-state index in [1.807, 2.05) is 48.5 Å². The lowest BCUT2D eigenvalue weighted by molar-refractivity contribution is -0.115. The van der Waals surface area contributed by atoms with Crippen molar-refractivity contribution >= 4 is 11.6 Å². The molecule has 0 radical (unpaired) electrons. The average Bonchev–Trinajstić information content (AvgIpc) is 2.64. The molecule has 0 atom stereocenters. The van der Waals surface area contributed by atoms with E-state index >= 15 is 0 Å². The molecular weight excluding hydrogens is 316 g/mol. The SMILES string of the molecule is CCCCOc1ccc(NC(=O)CNCc2ccc(OC)cc2)cc1. The topological polar surface area (TPSA) is 59.6 Å². The molecule has 2 N–H and O–H groups in total. The van der Waals surface area contributed by atoms with Gasteiger partial charge in [-0.05, 0) is 48.4 Å². The first-order valence-corrected chi connectivity index (χ1v) is 8.57. The van der Waals surface area contributed by atoms with E-state index in [9.17, 15) is 4.79 Å². The molecule has 0 aromatic heterocycles. The molecule has 2 aromatic carbocycles. The predicted octanol–water partition coefficient (Wildman–Crippen LogP) is 3.60. The number of rotatable bonds is 10. The molecular formula is C20H26N2O3. The van der Waals surface area contributed by atoms with Crippen molar-refractivity contribution in [2.45, 2.75) is 26.3 Å². The molecule has 0 aliphatic carbocycles. The van der Waals surface area contributed by atoms with Crippen molar-refractivity contribution in [3.05, 3.63) is 54.1 Å². The molecule has 0 bridgehead atoms. The van der Waals surface area contributed by atoms with Crippen molar-refractivity contribution in [3.63, 3.8) is 0 Å². The van der Waals surface area contributed by atoms with E-state index < -0.39 is 0 Å². The lowest BCUT2D eigenvalue weighted by atomic mass is 10.2. The molecule has 0 fully saturated rings. The smallest absolute Gasteiger partial charge is 0.238 e. The van der Waals surface area contributed by atoms with Crippen molar-refractivity contribution in [2.24, 2.45) is 0 Å². The number of nitrogens with one attached hydrogen (secondary N) is 2. The van der Waals surface area contributed by atoms with E-state index in [0.29, 0.717) is 6.54 Å². The Bertz CT molecular complexity index is 639. The number of amides is 1. The number of methoxy groups -OCH3 is 1. The molecule has 2 rings (SSSR count). The molecule has 0 spiro atoms. The predicted molar refractivity (Wildman–Crippen MR) is 100 cm³/mol. The third-order valence-electron chi connectivity index (χ3n) is 3.68. The van der Waals surface area contributed by atoms with Gasteiger partial charge in [-0.15, -0.1) is 0 Å². The molecule has 5 nitrogen and oxygen atoms in total. The first-order valence-electron chi connectivity index (χ1n) is 8.57. The van der Waals surface area contributed by atoms with Gasteiger partial charge in [-0.25, -0.2) is 0 Å². The number of ether oxygens (including phenoxy) is 2. The summed E-state index contributed by atoms with van der Waals surface area (Å²) in [5.74, 6) is 1.57. The molecule has 0 saturated carbocycles. The highest BCUT2D eigenvalue weighted by molar-refractivity contribution is 5.92. The average molecular weight is 342 g/mol. The first-order chi connectivity index (χ1) is 12.2. The Labute approximate surface area is 149 Å². The van der Waals surface area contributed by atoms with Crippen LogP contribution < -0.4 is 20.1 Å². The van der Waals surface area contributed by atoms with Crippen LogP contribution in [0, 0.1) is 0 Å². The van der Waals surface area contributed by atoms with Crippen molar-refractivity contribution in [1.29, 1.82) is 0 Å². The number of benzene rings is 2. The summed E-state index contributed by atoms with van der Waals surface area (Å²) in [7, 11) is 1.64. The Morgan fingerprint density at radius 1 is 1.00 bits per heavy atom. The largest absolute Gasteiger partial charge is 0.497 e. The van der Waals surface area contributed by atoms with Gasteiger partial charge >= 0.3 is 0 Å². The molecule has 5 heteroatoms. The van der Waals surface area contributed by atoms with Gasteiger partial charge in [0, 0.05) is 12.2 Å². The fourth-order valence-electron chi connectivity index (χ4n) is 2.24. The van der Waals surface area contributed by atoms with Crippen molar-refractivity contribution < 1.29 is 14.3 Å². The van der Waals surface area contributed by atoms with E-state index in [0.717, 1.165) is 42.2 Å². The lowest BCUT2D eigenvalue weighted by Gasteiger charge is -2.09. The van der Waals surface area contributed by atoms with Gasteiger partial charge in [-0.1, -0.05) is 25.5 Å². The maximum Gasteiger partial charge on any atom is 0.238 e. The van der Waals surface area contributed by atoms with Gasteiger partial charge in [-0.2, -0.15) is 0 Å². The summed E-state index contributed by atoms with van der Waals surface area (Å²) in [6.07, 6.45) is 2.15. The van der Waals surface area contributed by atoms with Crippen molar-refractivity contribution in [2.75, 3.05) is 25.6 Å². The van der Waals surface area contributed by atoms with Gasteiger partial charge in [0.25, 0.3) is 0 Å². The van der Waals surface area contributed by atoms with Crippen LogP contribution in [0.15, 0.2) is 48.5 Å². The Morgan fingerprint density at radius 3 is 2.32 bits per heavy atom. The third-order valence-corrected chi connectivity index (χ3v) is 3.68. The van der Waals surface area contributed by atoms with Crippen LogP contribution in [0.5, 0.6) is 11.5 Å². The van der Waals surface area contributed by atoms with Crippen LogP contribution in [-0.4, -0.2) is 26.2 Å². The number of carbonyl (C=O) groups excluding carboxylic acids is 1. The van der Waals surface area contributed by atoms with Crippen molar-refractivity contribution in [3.8, 4) is 11.5 Å². The van der Waals surface area contributed by atoms with Crippen LogP contribution in [0.25, 0.3) is 0 Å². The van der Waals surface area contributed by atoms with Gasteiger partial charge < -0.3 is 20.1 Å². The Balaban J connectivity index is 1.70. The van der Waals surface area contributed by atoms with Gasteiger partial charge in [0.15, 0.2) is 0 Å². The molecule has 0 heterocycles. The van der Waals surface area contributed by atoms with Gasteiger partial charge in [0.05, 0.1) is 20.3 Å². The minimum Gasteiger partial charge on any atom is -0.497 e. The summed E-state index contributed by atoms with van der Waals surface area (Å²) in [5.41, 5.74) is 1.86. The second kappa shape index (κ2) is 10.4. The Morgan fingerprint density at radius 2 is 1.68 bits per heavy atom. The molecule has 1 amide bonds. The molecule has 0 unspecified atom stereocenters. The maximum atomic E-state index is 12.0. The Kier molecular flexibility index (Phi) is 7.79. The highest BCUT2D eigenvalue weighted by Gasteiger charge is 2.03. The maximum absolute atomic E-state index is 12.0. The number of unbranched alkanes of at least 4 members (excludes halogenated alkanes) is 1. The van der Waals surface area contributed by atoms with Crippen molar-refractivity contribution in [1.82, 2.24) is 5.32 Å². The summed E-state index contributed by atoms with van der Waals surface area (Å²) in [4.78, 5) is 12.0. The summed E-state index contributed by atoms with van der Waals surface area (Å²) in [5, 5.41) is 5.99. The van der Waals surface area contributed by atoms with Gasteiger partial charge in [-0.3, -0.25) is 4.79 Å². The third kappa shape index (κ3) is 6.85. The fraction of sp³-hybridized carbons (Fsp3) is 0.350. The zero-order valence-electron chi connectivity index (χ0n) is 14.9. The second-order valence-corrected chi connectivity index (χ2v) is 5.73. The number of anilines is 1. The summed E-state index contributed by atoms with van der Waals surface area (Å²) in [6.45, 7) is 3.73. The standard InChI is InChI=1S/C20H26N2O3/c1-3-4-13-25-19-11-7-17(8-12-19)22-20(23)15-21-14-16-5-9-18(24-2)10-6-16/h5-12,21H,3-4,13-15H2,1-2H3,(H,22,23). The van der Waals surface area contributed by atoms with Crippen LogP contribution in [0.4, 0.5) is 5.69 Å². The minimum atomic E-state index is -0.0758. The van der Waals surface area contributed by atoms with E-state index in [-0.39, 0.29) is 12.5 Å². The quantitative estimate of drug-likeness (QED) is 0.648. The van der Waals surface area contributed by atoms with E-state index in [1.165, 1.54) is 0 Å². The fourth-order valence-corrected chi connectivity index (χ4v) is 2.24. The zero-order valence-corrected chi connectivity index (χ0v) is 14.9. The van der Waals surface area contributed by atoms with E-state index in [4.69, 9.17) is 9.47 Å². The summed E-state index contributed by atoms with van der Waals surface area (Å²) < 4.78 is 10.7. The van der Waals surface area contributed by atoms with Crippen LogP contribution in [0.2, 0.25) is 0 Å². The normalized spacial score (nSPS) is 10.3. The van der Waals surface area contributed by atoms with E-state index in [2.05, 4.69) is 17.6 Å². The molecule has 0 saturated heterocycles. The second-order valence-electron chi connectivity index (χ2n) is 5.73. The van der Waals surface area contributed by atoms with Crippen LogP contribution in [0.3, 0.4) is 0 Å². The Hall–Kier alpha value is -2.53.